The van der Waals surface area contributed by atoms with Gasteiger partial charge in [-0.15, -0.1) is 0 Å². The molecule has 0 saturated carbocycles. The van der Waals surface area contributed by atoms with Crippen molar-refractivity contribution < 1.29 is 14.7 Å². The molecule has 2 atom stereocenters. The van der Waals surface area contributed by atoms with E-state index in [9.17, 15) is 9.90 Å². The molecule has 1 heterocycles. The van der Waals surface area contributed by atoms with Crippen molar-refractivity contribution in [3.05, 3.63) is 59.7 Å². The Morgan fingerprint density at radius 3 is 2.67 bits per heavy atom. The van der Waals surface area contributed by atoms with Crippen molar-refractivity contribution in [2.75, 3.05) is 13.2 Å². The highest BCUT2D eigenvalue weighted by Crippen LogP contribution is 2.24. The van der Waals surface area contributed by atoms with Crippen LogP contribution in [0.2, 0.25) is 0 Å². The molecule has 2 aromatic carbocycles. The summed E-state index contributed by atoms with van der Waals surface area (Å²) in [4.78, 5) is 17.0. The average Bonchev–Trinajstić information content (AvgIpc) is 3.04. The van der Waals surface area contributed by atoms with Gasteiger partial charge in [-0.3, -0.25) is 9.63 Å². The van der Waals surface area contributed by atoms with E-state index in [1.807, 2.05) is 35.4 Å². The predicted molar refractivity (Wildman–Crippen MR) is 91.9 cm³/mol. The van der Waals surface area contributed by atoms with E-state index in [0.29, 0.717) is 18.7 Å². The molecule has 3 rings (SSSR count). The van der Waals surface area contributed by atoms with Crippen LogP contribution in [0.4, 0.5) is 0 Å². The van der Waals surface area contributed by atoms with Crippen molar-refractivity contribution in [1.29, 1.82) is 0 Å². The van der Waals surface area contributed by atoms with Crippen LogP contribution >= 0.6 is 0 Å². The Balaban J connectivity index is 1.75. The first-order valence-electron chi connectivity index (χ1n) is 8.08. The molecular weight excluding hydrogens is 304 g/mol. The molecule has 0 aromatic heterocycles. The van der Waals surface area contributed by atoms with Gasteiger partial charge >= 0.3 is 0 Å². The van der Waals surface area contributed by atoms with Gasteiger partial charge in [-0.05, 0) is 41.8 Å². The maximum atomic E-state index is 11.3. The van der Waals surface area contributed by atoms with Gasteiger partial charge in [0, 0.05) is 24.6 Å². The van der Waals surface area contributed by atoms with Gasteiger partial charge in [-0.2, -0.15) is 5.06 Å². The summed E-state index contributed by atoms with van der Waals surface area (Å²) in [5.74, 6) is -0.275. The van der Waals surface area contributed by atoms with E-state index in [4.69, 9.17) is 10.6 Å². The third kappa shape index (κ3) is 3.82. The Bertz CT molecular complexity index is 730. The molecule has 2 aromatic rings. The van der Waals surface area contributed by atoms with Crippen molar-refractivity contribution in [2.24, 2.45) is 11.7 Å². The van der Waals surface area contributed by atoms with Crippen LogP contribution < -0.4 is 5.73 Å². The van der Waals surface area contributed by atoms with Crippen molar-refractivity contribution in [2.45, 2.75) is 19.6 Å². The van der Waals surface area contributed by atoms with Gasteiger partial charge in [0.1, 0.15) is 0 Å². The van der Waals surface area contributed by atoms with Crippen LogP contribution in [0.5, 0.6) is 0 Å². The monoisotopic (exact) mass is 326 g/mol. The fourth-order valence-electron chi connectivity index (χ4n) is 2.88. The fraction of sp³-hybridized carbons (Fsp3) is 0.316. The lowest BCUT2D eigenvalue weighted by atomic mass is 10.0. The van der Waals surface area contributed by atoms with Gasteiger partial charge in [-0.1, -0.05) is 30.3 Å². The molecule has 126 valence electrons. The van der Waals surface area contributed by atoms with Crippen LogP contribution in [0.3, 0.4) is 0 Å². The highest BCUT2D eigenvalue weighted by Gasteiger charge is 2.27. The van der Waals surface area contributed by atoms with Gasteiger partial charge in [0.05, 0.1) is 12.7 Å². The summed E-state index contributed by atoms with van der Waals surface area (Å²) in [6.45, 7) is 3.73. The number of aliphatic hydroxyl groups is 1. The number of aliphatic hydroxyl groups excluding tert-OH is 1. The lowest BCUT2D eigenvalue weighted by molar-refractivity contribution is -0.117. The molecule has 1 amide bonds. The number of primary amides is 1. The number of carbonyl (C=O) groups excluding carboxylic acids is 1. The third-order valence-corrected chi connectivity index (χ3v) is 4.36. The number of hydrogen-bond donors (Lipinski definition) is 2. The van der Waals surface area contributed by atoms with Crippen LogP contribution in [0.15, 0.2) is 48.5 Å². The first-order chi connectivity index (χ1) is 11.5. The van der Waals surface area contributed by atoms with Crippen LogP contribution in [0, 0.1) is 5.92 Å². The Labute approximate surface area is 141 Å². The van der Waals surface area contributed by atoms with Crippen molar-refractivity contribution in [1.82, 2.24) is 5.06 Å². The molecular formula is C19H22N2O3. The number of hydroxylamine groups is 2. The number of nitrogens with zero attached hydrogens (tertiary/aromatic N) is 1. The second-order valence-corrected chi connectivity index (χ2v) is 6.26. The maximum absolute atomic E-state index is 11.3. The summed E-state index contributed by atoms with van der Waals surface area (Å²) < 4.78 is 0. The van der Waals surface area contributed by atoms with Gasteiger partial charge in [0.25, 0.3) is 0 Å². The zero-order valence-electron chi connectivity index (χ0n) is 13.7. The normalized spacial score (nSPS) is 19.3. The first kappa shape index (κ1) is 16.6. The van der Waals surface area contributed by atoms with E-state index in [1.54, 1.807) is 19.1 Å². The zero-order valence-corrected chi connectivity index (χ0v) is 13.7. The maximum Gasteiger partial charge on any atom is 0.248 e. The molecule has 5 heteroatoms. The molecule has 1 fully saturated rings. The second kappa shape index (κ2) is 7.13. The molecule has 3 N–H and O–H groups in total. The minimum absolute atomic E-state index is 0.153. The van der Waals surface area contributed by atoms with Crippen LogP contribution in [-0.4, -0.2) is 35.3 Å². The molecule has 0 bridgehead atoms. The largest absolute Gasteiger partial charge is 0.393 e. The van der Waals surface area contributed by atoms with Crippen molar-refractivity contribution in [3.63, 3.8) is 0 Å². The van der Waals surface area contributed by atoms with E-state index in [2.05, 4.69) is 6.07 Å². The van der Waals surface area contributed by atoms with Crippen molar-refractivity contribution in [3.8, 4) is 11.1 Å². The molecule has 24 heavy (non-hydrogen) atoms. The molecule has 0 aliphatic carbocycles. The van der Waals surface area contributed by atoms with Crippen LogP contribution in [0.1, 0.15) is 22.8 Å². The lowest BCUT2D eigenvalue weighted by Gasteiger charge is -2.15. The number of benzene rings is 2. The summed E-state index contributed by atoms with van der Waals surface area (Å²) in [6, 6.07) is 15.4. The second-order valence-electron chi connectivity index (χ2n) is 6.26. The minimum atomic E-state index is -0.428. The molecule has 0 radical (unpaired) electrons. The molecule has 0 spiro atoms. The molecule has 1 saturated heterocycles. The average molecular weight is 326 g/mol. The molecule has 1 aliphatic rings. The summed E-state index contributed by atoms with van der Waals surface area (Å²) in [5.41, 5.74) is 8.95. The Morgan fingerprint density at radius 2 is 2.00 bits per heavy atom. The number of nitrogens with two attached hydrogens (primary N) is 1. The highest BCUT2D eigenvalue weighted by molar-refractivity contribution is 5.94. The SMILES string of the molecule is C[C@H](O)[C@@H]1CON(Cc2cccc(-c3cccc(C(N)=O)c3)c2)C1. The Morgan fingerprint density at radius 1 is 1.29 bits per heavy atom. The van der Waals surface area contributed by atoms with E-state index >= 15 is 0 Å². The van der Waals surface area contributed by atoms with E-state index in [1.165, 1.54) is 0 Å². The van der Waals surface area contributed by atoms with Crippen LogP contribution in [-0.2, 0) is 11.4 Å². The quantitative estimate of drug-likeness (QED) is 0.883. The summed E-state index contributed by atoms with van der Waals surface area (Å²) in [6.07, 6.45) is -0.363. The summed E-state index contributed by atoms with van der Waals surface area (Å²) in [5, 5.41) is 11.5. The molecule has 5 nitrogen and oxygen atoms in total. The standard InChI is InChI=1S/C19H22N2O3/c1-13(22)18-11-21(24-12-18)10-14-4-2-5-15(8-14)16-6-3-7-17(9-16)19(20)23/h2-9,13,18,22H,10-12H2,1H3,(H2,20,23)/t13-,18-/m0/s1. The Kier molecular flexibility index (Phi) is 4.94. The third-order valence-electron chi connectivity index (χ3n) is 4.36. The van der Waals surface area contributed by atoms with Gasteiger partial charge < -0.3 is 10.8 Å². The van der Waals surface area contributed by atoms with Gasteiger partial charge in [-0.25, -0.2) is 0 Å². The van der Waals surface area contributed by atoms with Gasteiger partial charge in [0.2, 0.25) is 5.91 Å². The molecule has 1 aliphatic heterocycles. The molecule has 0 unspecified atom stereocenters. The summed E-state index contributed by atoms with van der Waals surface area (Å²) >= 11 is 0. The van der Waals surface area contributed by atoms with E-state index in [0.717, 1.165) is 23.2 Å². The highest BCUT2D eigenvalue weighted by atomic mass is 16.7. The Hall–Kier alpha value is -2.21. The van der Waals surface area contributed by atoms with Crippen LogP contribution in [0.25, 0.3) is 11.1 Å². The van der Waals surface area contributed by atoms with Crippen molar-refractivity contribution >= 4 is 5.91 Å². The number of hydrogen-bond acceptors (Lipinski definition) is 4. The summed E-state index contributed by atoms with van der Waals surface area (Å²) in [7, 11) is 0. The van der Waals surface area contributed by atoms with Gasteiger partial charge in [0.15, 0.2) is 0 Å². The topological polar surface area (TPSA) is 75.8 Å². The number of rotatable bonds is 5. The van der Waals surface area contributed by atoms with E-state index in [-0.39, 0.29) is 12.0 Å². The minimum Gasteiger partial charge on any atom is -0.393 e. The smallest absolute Gasteiger partial charge is 0.248 e. The first-order valence-corrected chi connectivity index (χ1v) is 8.08. The van der Waals surface area contributed by atoms with E-state index < -0.39 is 5.91 Å². The fourth-order valence-corrected chi connectivity index (χ4v) is 2.88. The predicted octanol–water partition coefficient (Wildman–Crippen LogP) is 2.20. The number of carbonyl (C=O) groups is 1. The lowest BCUT2D eigenvalue weighted by Crippen LogP contribution is -2.23. The zero-order chi connectivity index (χ0) is 17.1. The number of amides is 1.